The number of aromatic carboxylic acids is 1. The highest BCUT2D eigenvalue weighted by Crippen LogP contribution is 2.18. The first-order valence-corrected chi connectivity index (χ1v) is 6.10. The third-order valence-electron chi connectivity index (χ3n) is 2.27. The van der Waals surface area contributed by atoms with E-state index in [1.54, 1.807) is 12.1 Å². The number of hydrogen-bond donors (Lipinski definition) is 2. The van der Waals surface area contributed by atoms with Crippen molar-refractivity contribution >= 4 is 28.7 Å². The van der Waals surface area contributed by atoms with Crippen molar-refractivity contribution in [1.29, 1.82) is 0 Å². The van der Waals surface area contributed by atoms with Crippen LogP contribution in [0, 0.1) is 10.1 Å². The van der Waals surface area contributed by atoms with Crippen molar-refractivity contribution in [3.8, 4) is 0 Å². The molecule has 2 rings (SSSR count). The summed E-state index contributed by atoms with van der Waals surface area (Å²) in [6.45, 7) is 0.319. The molecule has 0 atom stereocenters. The van der Waals surface area contributed by atoms with Crippen LogP contribution in [0.1, 0.15) is 15.5 Å². The number of aromatic nitrogens is 1. The molecule has 0 radical (unpaired) electrons. The topological polar surface area (TPSA) is 105 Å². The molecule has 2 N–H and O–H groups in total. The first-order chi connectivity index (χ1) is 9.06. The summed E-state index contributed by atoms with van der Waals surface area (Å²) in [4.78, 5) is 24.7. The van der Waals surface area contributed by atoms with E-state index < -0.39 is 10.9 Å². The van der Waals surface area contributed by atoms with Gasteiger partial charge in [-0.25, -0.2) is 9.78 Å². The Morgan fingerprint density at radius 1 is 1.53 bits per heavy atom. The van der Waals surface area contributed by atoms with Crippen molar-refractivity contribution in [3.63, 3.8) is 0 Å². The van der Waals surface area contributed by atoms with E-state index in [4.69, 9.17) is 5.11 Å². The Morgan fingerprint density at radius 3 is 2.95 bits per heavy atom. The highest BCUT2D eigenvalue weighted by Gasteiger charge is 2.09. The van der Waals surface area contributed by atoms with Crippen molar-refractivity contribution in [2.45, 2.75) is 6.54 Å². The van der Waals surface area contributed by atoms with Crippen LogP contribution >= 0.6 is 11.3 Å². The maximum absolute atomic E-state index is 10.7. The maximum Gasteiger partial charge on any atom is 0.355 e. The molecule has 8 heteroatoms. The summed E-state index contributed by atoms with van der Waals surface area (Å²) >= 11 is 1.22. The van der Waals surface area contributed by atoms with Gasteiger partial charge in [-0.1, -0.05) is 6.07 Å². The van der Waals surface area contributed by atoms with Gasteiger partial charge in [-0.05, 0) is 6.07 Å². The quantitative estimate of drug-likeness (QED) is 0.643. The number of nitro groups is 1. The van der Waals surface area contributed by atoms with Gasteiger partial charge in [0.05, 0.1) is 11.5 Å². The first-order valence-electron chi connectivity index (χ1n) is 5.22. The molecule has 1 aromatic carbocycles. The minimum atomic E-state index is -1.07. The second kappa shape index (κ2) is 5.44. The van der Waals surface area contributed by atoms with E-state index in [9.17, 15) is 14.9 Å². The number of thiazole rings is 1. The first kappa shape index (κ1) is 13.0. The second-order valence-corrected chi connectivity index (χ2v) is 4.54. The van der Waals surface area contributed by atoms with Gasteiger partial charge < -0.3 is 10.4 Å². The number of nitrogens with zero attached hydrogens (tertiary/aromatic N) is 2. The van der Waals surface area contributed by atoms with E-state index >= 15 is 0 Å². The minimum absolute atomic E-state index is 0.000780. The molecule has 0 bridgehead atoms. The molecular weight excluding hydrogens is 270 g/mol. The molecule has 0 saturated heterocycles. The summed E-state index contributed by atoms with van der Waals surface area (Å²) in [5.74, 6) is -1.07. The van der Waals surface area contributed by atoms with Crippen LogP contribution in [-0.2, 0) is 6.54 Å². The predicted octanol–water partition coefficient (Wildman–Crippen LogP) is 2.36. The summed E-state index contributed by atoms with van der Waals surface area (Å²) in [7, 11) is 0. The zero-order valence-electron chi connectivity index (χ0n) is 9.57. The molecule has 0 saturated carbocycles. The van der Waals surface area contributed by atoms with Crippen LogP contribution in [0.3, 0.4) is 0 Å². The molecule has 2 aromatic rings. The fraction of sp³-hybridized carbons (Fsp3) is 0.0909. The maximum atomic E-state index is 10.7. The number of hydrogen-bond acceptors (Lipinski definition) is 6. The zero-order chi connectivity index (χ0) is 13.8. The number of non-ortho nitro benzene ring substituents is 1. The number of nitrogens with one attached hydrogen (secondary N) is 1. The fourth-order valence-electron chi connectivity index (χ4n) is 1.40. The molecule has 0 aliphatic rings. The van der Waals surface area contributed by atoms with Gasteiger partial charge in [0.25, 0.3) is 5.69 Å². The lowest BCUT2D eigenvalue weighted by atomic mass is 10.3. The Labute approximate surface area is 111 Å². The van der Waals surface area contributed by atoms with E-state index in [-0.39, 0.29) is 11.4 Å². The molecule has 1 heterocycles. The third kappa shape index (κ3) is 3.26. The van der Waals surface area contributed by atoms with Crippen LogP contribution in [0.4, 0.5) is 11.4 Å². The average Bonchev–Trinajstić information content (AvgIpc) is 2.85. The van der Waals surface area contributed by atoms with Crippen molar-refractivity contribution in [2.24, 2.45) is 0 Å². The Morgan fingerprint density at radius 2 is 2.32 bits per heavy atom. The van der Waals surface area contributed by atoms with Gasteiger partial charge in [-0.2, -0.15) is 0 Å². The highest BCUT2D eigenvalue weighted by molar-refractivity contribution is 7.09. The van der Waals surface area contributed by atoms with E-state index in [1.165, 1.54) is 28.8 Å². The van der Waals surface area contributed by atoms with E-state index in [1.807, 2.05) is 0 Å². The predicted molar refractivity (Wildman–Crippen MR) is 69.5 cm³/mol. The van der Waals surface area contributed by atoms with Gasteiger partial charge in [0.15, 0.2) is 5.69 Å². The molecule has 0 spiro atoms. The Balaban J connectivity index is 2.03. The van der Waals surface area contributed by atoms with Crippen molar-refractivity contribution < 1.29 is 14.8 Å². The minimum Gasteiger partial charge on any atom is -0.476 e. The number of carboxylic acids is 1. The second-order valence-electron chi connectivity index (χ2n) is 3.59. The molecule has 0 aliphatic heterocycles. The van der Waals surface area contributed by atoms with E-state index in [2.05, 4.69) is 10.3 Å². The van der Waals surface area contributed by atoms with Crippen molar-refractivity contribution in [3.05, 3.63) is 50.5 Å². The third-order valence-corrected chi connectivity index (χ3v) is 3.12. The molecular formula is C11H9N3O4S. The molecule has 19 heavy (non-hydrogen) atoms. The summed E-state index contributed by atoms with van der Waals surface area (Å²) in [6, 6.07) is 6.08. The van der Waals surface area contributed by atoms with E-state index in [0.717, 1.165) is 0 Å². The number of carboxylic acid groups (broad SMARTS) is 1. The SMILES string of the molecule is O=C(O)c1csc(CNc2cccc([N+](=O)[O-])c2)n1. The normalized spacial score (nSPS) is 10.1. The van der Waals surface area contributed by atoms with Gasteiger partial charge in [0.1, 0.15) is 5.01 Å². The number of benzene rings is 1. The standard InChI is InChI=1S/C11H9N3O4S/c15-11(16)9-6-19-10(13-9)5-12-7-2-1-3-8(4-7)14(17)18/h1-4,6,12H,5H2,(H,15,16). The van der Waals surface area contributed by atoms with Crippen LogP contribution in [0.2, 0.25) is 0 Å². The van der Waals surface area contributed by atoms with Crippen LogP contribution in [-0.4, -0.2) is 21.0 Å². The Bertz CT molecular complexity index is 626. The van der Waals surface area contributed by atoms with Crippen LogP contribution < -0.4 is 5.32 Å². The Hall–Kier alpha value is -2.48. The van der Waals surface area contributed by atoms with Gasteiger partial charge in [-0.3, -0.25) is 10.1 Å². The summed E-state index contributed by atoms with van der Waals surface area (Å²) in [5, 5.41) is 24.3. The molecule has 0 fully saturated rings. The summed E-state index contributed by atoms with van der Waals surface area (Å²) < 4.78 is 0. The zero-order valence-corrected chi connectivity index (χ0v) is 10.4. The largest absolute Gasteiger partial charge is 0.476 e. The molecule has 0 aliphatic carbocycles. The molecule has 0 amide bonds. The molecule has 1 aromatic heterocycles. The Kier molecular flexibility index (Phi) is 3.71. The van der Waals surface area contributed by atoms with Crippen LogP contribution in [0.5, 0.6) is 0 Å². The smallest absolute Gasteiger partial charge is 0.355 e. The number of carbonyl (C=O) groups is 1. The average molecular weight is 279 g/mol. The van der Waals surface area contributed by atoms with Crippen LogP contribution in [0.25, 0.3) is 0 Å². The molecule has 0 unspecified atom stereocenters. The number of rotatable bonds is 5. The van der Waals surface area contributed by atoms with Gasteiger partial charge in [-0.15, -0.1) is 11.3 Å². The van der Waals surface area contributed by atoms with Crippen LogP contribution in [0.15, 0.2) is 29.6 Å². The molecule has 98 valence electrons. The van der Waals surface area contributed by atoms with Crippen molar-refractivity contribution in [1.82, 2.24) is 4.98 Å². The lowest BCUT2D eigenvalue weighted by Crippen LogP contribution is -2.01. The highest BCUT2D eigenvalue weighted by atomic mass is 32.1. The number of anilines is 1. The van der Waals surface area contributed by atoms with Gasteiger partial charge >= 0.3 is 5.97 Å². The fourth-order valence-corrected chi connectivity index (χ4v) is 2.11. The van der Waals surface area contributed by atoms with Crippen molar-refractivity contribution in [2.75, 3.05) is 5.32 Å². The number of nitro benzene ring substituents is 1. The monoisotopic (exact) mass is 279 g/mol. The lowest BCUT2D eigenvalue weighted by Gasteiger charge is -2.03. The van der Waals surface area contributed by atoms with Gasteiger partial charge in [0.2, 0.25) is 0 Å². The molecule has 7 nitrogen and oxygen atoms in total. The lowest BCUT2D eigenvalue weighted by molar-refractivity contribution is -0.384. The van der Waals surface area contributed by atoms with E-state index in [0.29, 0.717) is 17.2 Å². The summed E-state index contributed by atoms with van der Waals surface area (Å²) in [6.07, 6.45) is 0. The van der Waals surface area contributed by atoms with Gasteiger partial charge in [0, 0.05) is 23.2 Å². The summed E-state index contributed by atoms with van der Waals surface area (Å²) in [5.41, 5.74) is 0.581.